The first-order chi connectivity index (χ1) is 16.2. The molecule has 0 aliphatic heterocycles. The summed E-state index contributed by atoms with van der Waals surface area (Å²) in [6, 6.07) is 25.8. The van der Waals surface area contributed by atoms with Crippen LogP contribution in [0.2, 0.25) is 0 Å². The molecule has 0 bridgehead atoms. The number of rotatable bonds is 7. The summed E-state index contributed by atoms with van der Waals surface area (Å²) in [6.45, 7) is 3.87. The molecule has 1 saturated carbocycles. The van der Waals surface area contributed by atoms with Crippen LogP contribution in [0.5, 0.6) is 0 Å². The van der Waals surface area contributed by atoms with Crippen molar-refractivity contribution in [1.29, 1.82) is 0 Å². The van der Waals surface area contributed by atoms with Gasteiger partial charge in [0.2, 0.25) is 0 Å². The van der Waals surface area contributed by atoms with Crippen molar-refractivity contribution in [2.75, 3.05) is 0 Å². The summed E-state index contributed by atoms with van der Waals surface area (Å²) in [5, 5.41) is 0. The van der Waals surface area contributed by atoms with Gasteiger partial charge in [-0.05, 0) is 90.6 Å². The van der Waals surface area contributed by atoms with Crippen molar-refractivity contribution < 1.29 is 0 Å². The minimum Gasteiger partial charge on any atom is -0.103 e. The molecule has 0 aromatic heterocycles. The van der Waals surface area contributed by atoms with Crippen molar-refractivity contribution in [3.8, 4) is 23.0 Å². The van der Waals surface area contributed by atoms with E-state index in [9.17, 15) is 0 Å². The lowest BCUT2D eigenvalue weighted by Crippen LogP contribution is -2.15. The van der Waals surface area contributed by atoms with Gasteiger partial charge in [0.05, 0.1) is 0 Å². The van der Waals surface area contributed by atoms with Gasteiger partial charge in [-0.2, -0.15) is 0 Å². The maximum Gasteiger partial charge on any atom is 0.0249 e. The van der Waals surface area contributed by atoms with Gasteiger partial charge in [0.25, 0.3) is 0 Å². The average molecular weight is 498 g/mol. The number of benzene rings is 3. The van der Waals surface area contributed by atoms with Gasteiger partial charge >= 0.3 is 0 Å². The largest absolute Gasteiger partial charge is 0.103 e. The molecule has 0 spiro atoms. The van der Waals surface area contributed by atoms with Crippen molar-refractivity contribution in [2.24, 2.45) is 11.8 Å². The number of hydrogen-bond donors (Lipinski definition) is 0. The molecule has 1 heteroatoms. The third-order valence-corrected chi connectivity index (χ3v) is 7.48. The Labute approximate surface area is 208 Å². The highest BCUT2D eigenvalue weighted by Crippen LogP contribution is 2.34. The fourth-order valence-corrected chi connectivity index (χ4v) is 5.08. The predicted molar refractivity (Wildman–Crippen MR) is 145 cm³/mol. The quantitative estimate of drug-likeness (QED) is 0.225. The first kappa shape index (κ1) is 23.6. The molecule has 0 atom stereocenters. The summed E-state index contributed by atoms with van der Waals surface area (Å²) in [5.41, 5.74) is 6.04. The number of allylic oxidation sites excluding steroid dienone is 1. The van der Waals surface area contributed by atoms with Crippen LogP contribution in [-0.2, 0) is 6.42 Å². The molecular formula is C32H33Br. The first-order valence-corrected chi connectivity index (χ1v) is 13.1. The summed E-state index contributed by atoms with van der Waals surface area (Å²) in [7, 11) is 0. The molecule has 1 aliphatic rings. The first-order valence-electron chi connectivity index (χ1n) is 12.3. The Bertz CT molecular complexity index is 1070. The second-order valence-corrected chi connectivity index (χ2v) is 10.2. The molecule has 0 radical (unpaired) electrons. The molecule has 1 aliphatic carbocycles. The van der Waals surface area contributed by atoms with E-state index in [0.717, 1.165) is 27.4 Å². The molecular weight excluding hydrogens is 464 g/mol. The molecule has 0 saturated heterocycles. The Hall–Kier alpha value is -2.56. The smallest absolute Gasteiger partial charge is 0.0249 e. The highest BCUT2D eigenvalue weighted by atomic mass is 79.9. The van der Waals surface area contributed by atoms with Crippen LogP contribution in [0.1, 0.15) is 61.6 Å². The molecule has 4 rings (SSSR count). The minimum absolute atomic E-state index is 0.913. The standard InChI is InChI=1S/C32H33Br/c1-2-3-4-25-5-7-26(8-6-25)9-10-27-13-19-30(20-14-27)31-21-15-28(16-22-31)11-12-29-17-23-32(33)24-18-29/h2,13-26H,1,3-10H2. The lowest BCUT2D eigenvalue weighted by Gasteiger charge is -2.28. The van der Waals surface area contributed by atoms with Crippen molar-refractivity contribution in [2.45, 2.75) is 51.4 Å². The van der Waals surface area contributed by atoms with Gasteiger partial charge in [-0.3, -0.25) is 0 Å². The summed E-state index contributed by atoms with van der Waals surface area (Å²) < 4.78 is 1.07. The molecule has 168 valence electrons. The van der Waals surface area contributed by atoms with Crippen LogP contribution in [0.4, 0.5) is 0 Å². The van der Waals surface area contributed by atoms with Gasteiger partial charge in [-0.15, -0.1) is 6.58 Å². The summed E-state index contributed by atoms with van der Waals surface area (Å²) in [4.78, 5) is 0. The van der Waals surface area contributed by atoms with E-state index in [1.165, 1.54) is 68.1 Å². The number of aryl methyl sites for hydroxylation is 1. The molecule has 3 aromatic rings. The summed E-state index contributed by atoms with van der Waals surface area (Å²) in [5.74, 6) is 8.35. The van der Waals surface area contributed by atoms with Crippen LogP contribution in [0.25, 0.3) is 11.1 Å². The Balaban J connectivity index is 1.28. The van der Waals surface area contributed by atoms with Crippen molar-refractivity contribution in [1.82, 2.24) is 0 Å². The Morgan fingerprint density at radius 1 is 0.697 bits per heavy atom. The average Bonchev–Trinajstić information content (AvgIpc) is 2.87. The van der Waals surface area contributed by atoms with Gasteiger partial charge in [0, 0.05) is 15.6 Å². The number of halogens is 1. The normalized spacial score (nSPS) is 17.7. The van der Waals surface area contributed by atoms with Crippen molar-refractivity contribution in [3.05, 3.63) is 107 Å². The number of hydrogen-bond acceptors (Lipinski definition) is 0. The van der Waals surface area contributed by atoms with Gasteiger partial charge in [-0.25, -0.2) is 0 Å². The zero-order chi connectivity index (χ0) is 22.9. The lowest BCUT2D eigenvalue weighted by molar-refractivity contribution is 0.254. The zero-order valence-corrected chi connectivity index (χ0v) is 21.0. The second kappa shape index (κ2) is 12.1. The van der Waals surface area contributed by atoms with E-state index in [-0.39, 0.29) is 0 Å². The molecule has 0 unspecified atom stereocenters. The van der Waals surface area contributed by atoms with Gasteiger partial charge < -0.3 is 0 Å². The molecule has 0 N–H and O–H groups in total. The van der Waals surface area contributed by atoms with E-state index < -0.39 is 0 Å². The highest BCUT2D eigenvalue weighted by molar-refractivity contribution is 9.10. The fourth-order valence-electron chi connectivity index (χ4n) is 4.82. The van der Waals surface area contributed by atoms with Crippen LogP contribution in [-0.4, -0.2) is 0 Å². The van der Waals surface area contributed by atoms with Gasteiger partial charge in [0.15, 0.2) is 0 Å². The predicted octanol–water partition coefficient (Wildman–Crippen LogP) is 9.22. The SMILES string of the molecule is C=CCCC1CCC(CCc2ccc(-c3ccc(C#Cc4ccc(Br)cc4)cc3)cc2)CC1. The third-order valence-electron chi connectivity index (χ3n) is 6.95. The summed E-state index contributed by atoms with van der Waals surface area (Å²) in [6.07, 6.45) is 12.8. The molecule has 33 heavy (non-hydrogen) atoms. The molecule has 0 nitrogen and oxygen atoms in total. The molecule has 1 fully saturated rings. The topological polar surface area (TPSA) is 0 Å². The monoisotopic (exact) mass is 496 g/mol. The van der Waals surface area contributed by atoms with Crippen LogP contribution in [0, 0.1) is 23.7 Å². The fraction of sp³-hybridized carbons (Fsp3) is 0.312. The van der Waals surface area contributed by atoms with E-state index >= 15 is 0 Å². The zero-order valence-electron chi connectivity index (χ0n) is 19.4. The third kappa shape index (κ3) is 7.21. The Morgan fingerprint density at radius 3 is 1.73 bits per heavy atom. The van der Waals surface area contributed by atoms with Crippen LogP contribution in [0.3, 0.4) is 0 Å². The Kier molecular flexibility index (Phi) is 8.62. The maximum absolute atomic E-state index is 3.87. The minimum atomic E-state index is 0.913. The highest BCUT2D eigenvalue weighted by Gasteiger charge is 2.20. The van der Waals surface area contributed by atoms with Gasteiger partial charge in [0.1, 0.15) is 0 Å². The van der Waals surface area contributed by atoms with Crippen LogP contribution >= 0.6 is 15.9 Å². The van der Waals surface area contributed by atoms with E-state index in [1.54, 1.807) is 0 Å². The van der Waals surface area contributed by atoms with Crippen LogP contribution in [0.15, 0.2) is 89.9 Å². The van der Waals surface area contributed by atoms with E-state index in [0.29, 0.717) is 0 Å². The van der Waals surface area contributed by atoms with E-state index in [2.05, 4.69) is 89.0 Å². The van der Waals surface area contributed by atoms with Crippen molar-refractivity contribution >= 4 is 15.9 Å². The summed E-state index contributed by atoms with van der Waals surface area (Å²) >= 11 is 3.46. The Morgan fingerprint density at radius 2 is 1.18 bits per heavy atom. The molecule has 3 aromatic carbocycles. The molecule has 0 heterocycles. The van der Waals surface area contributed by atoms with E-state index in [1.807, 2.05) is 24.3 Å². The lowest BCUT2D eigenvalue weighted by atomic mass is 9.78. The van der Waals surface area contributed by atoms with Crippen LogP contribution < -0.4 is 0 Å². The molecule has 0 amide bonds. The van der Waals surface area contributed by atoms with Crippen molar-refractivity contribution in [3.63, 3.8) is 0 Å². The second-order valence-electron chi connectivity index (χ2n) is 9.32. The van der Waals surface area contributed by atoms with E-state index in [4.69, 9.17) is 0 Å². The maximum atomic E-state index is 3.87. The van der Waals surface area contributed by atoms with Gasteiger partial charge in [-0.1, -0.05) is 95.9 Å².